The molecule has 0 saturated carbocycles. The Morgan fingerprint density at radius 3 is 2.51 bits per heavy atom. The number of ether oxygens (including phenoxy) is 2. The van der Waals surface area contributed by atoms with Crippen molar-refractivity contribution in [3.63, 3.8) is 0 Å². The molecule has 1 aliphatic heterocycles. The molecule has 1 amide bonds. The second-order valence-corrected chi connectivity index (χ2v) is 10.7. The third-order valence-electron chi connectivity index (χ3n) is 7.02. The largest absolute Gasteiger partial charge is 0.497 e. The van der Waals surface area contributed by atoms with E-state index in [1.807, 2.05) is 72.5 Å². The number of hydrogen-bond donors (Lipinski definition) is 1. The molecule has 1 atom stereocenters. The highest BCUT2D eigenvalue weighted by molar-refractivity contribution is 7.86. The lowest BCUT2D eigenvalue weighted by molar-refractivity contribution is 0.0627. The molecule has 2 heterocycles. The average molecular weight is 545 g/mol. The molecule has 1 aromatic heterocycles. The van der Waals surface area contributed by atoms with Crippen LogP contribution in [0.3, 0.4) is 0 Å². The average Bonchev–Trinajstić information content (AvgIpc) is 2.98. The van der Waals surface area contributed by atoms with Crippen molar-refractivity contribution < 1.29 is 18.5 Å². The van der Waals surface area contributed by atoms with Gasteiger partial charge in [-0.3, -0.25) is 14.7 Å². The van der Waals surface area contributed by atoms with Crippen molar-refractivity contribution in [2.75, 3.05) is 45.1 Å². The van der Waals surface area contributed by atoms with Gasteiger partial charge in [0.25, 0.3) is 5.91 Å². The highest BCUT2D eigenvalue weighted by Gasteiger charge is 2.23. The van der Waals surface area contributed by atoms with Crippen LogP contribution in [0.15, 0.2) is 77.8 Å². The number of nitrogens with zero attached hydrogens (tertiary/aromatic N) is 3. The molecule has 1 N–H and O–H groups in total. The van der Waals surface area contributed by atoms with Gasteiger partial charge in [0.1, 0.15) is 11.5 Å². The number of anilines is 1. The number of amides is 1. The van der Waals surface area contributed by atoms with Crippen molar-refractivity contribution in [2.24, 2.45) is 0 Å². The van der Waals surface area contributed by atoms with Crippen molar-refractivity contribution in [1.82, 2.24) is 14.8 Å². The second-order valence-electron chi connectivity index (χ2n) is 9.48. The summed E-state index contributed by atoms with van der Waals surface area (Å²) < 4.78 is 27.1. The number of pyridine rings is 1. The molecule has 1 fully saturated rings. The minimum absolute atomic E-state index is 0.00528. The lowest BCUT2D eigenvalue weighted by Crippen LogP contribution is -2.48. The zero-order valence-electron chi connectivity index (χ0n) is 22.3. The molecule has 0 radical (unpaired) electrons. The van der Waals surface area contributed by atoms with E-state index in [1.54, 1.807) is 26.5 Å². The lowest BCUT2D eigenvalue weighted by atomic mass is 10.1. The van der Waals surface area contributed by atoms with Gasteiger partial charge in [-0.15, -0.1) is 0 Å². The van der Waals surface area contributed by atoms with Crippen molar-refractivity contribution in [2.45, 2.75) is 18.4 Å². The van der Waals surface area contributed by atoms with Crippen LogP contribution in [0.25, 0.3) is 10.9 Å². The number of para-hydroxylation sites is 1. The number of fused-ring (bicyclic) bond motifs is 1. The van der Waals surface area contributed by atoms with Gasteiger partial charge in [-0.2, -0.15) is 0 Å². The molecule has 1 unspecified atom stereocenters. The van der Waals surface area contributed by atoms with Crippen LogP contribution in [-0.2, 0) is 17.5 Å². The zero-order chi connectivity index (χ0) is 27.4. The summed E-state index contributed by atoms with van der Waals surface area (Å²) >= 11 is 0. The van der Waals surface area contributed by atoms with E-state index in [-0.39, 0.29) is 5.91 Å². The van der Waals surface area contributed by atoms with Gasteiger partial charge in [-0.05, 0) is 48.9 Å². The lowest BCUT2D eigenvalue weighted by Gasteiger charge is -2.35. The van der Waals surface area contributed by atoms with Crippen LogP contribution < -0.4 is 14.2 Å². The van der Waals surface area contributed by atoms with Crippen LogP contribution in [0.2, 0.25) is 0 Å². The van der Waals surface area contributed by atoms with E-state index in [4.69, 9.17) is 9.47 Å². The van der Waals surface area contributed by atoms with Gasteiger partial charge in [-0.25, -0.2) is 4.21 Å². The summed E-state index contributed by atoms with van der Waals surface area (Å²) in [5.41, 5.74) is 4.00. The van der Waals surface area contributed by atoms with Crippen molar-refractivity contribution in [1.29, 1.82) is 0 Å². The Bertz CT molecular complexity index is 1510. The molecule has 0 spiro atoms. The molecule has 202 valence electrons. The molecule has 39 heavy (non-hydrogen) atoms. The molecule has 0 bridgehead atoms. The predicted molar refractivity (Wildman–Crippen MR) is 154 cm³/mol. The number of piperazine rings is 1. The number of carbonyl (C=O) groups is 1. The van der Waals surface area contributed by atoms with Gasteiger partial charge in [0.15, 0.2) is 11.0 Å². The standard InChI is InChI=1S/C30H32N4O4S/c1-21-18-23(10-12-26(21)32-39(36)28-8-4-6-22-7-5-13-31-29(22)28)30(35)34-16-14-33(15-17-34)20-24-9-11-25(37-2)19-27(24)38-3/h4-13,18-19,32H,14-17,20H2,1-3H3. The summed E-state index contributed by atoms with van der Waals surface area (Å²) in [6.45, 7) is 5.51. The number of benzene rings is 3. The molecule has 0 aliphatic carbocycles. The highest BCUT2D eigenvalue weighted by Crippen LogP contribution is 2.27. The van der Waals surface area contributed by atoms with Gasteiger partial charge >= 0.3 is 0 Å². The Morgan fingerprint density at radius 2 is 1.77 bits per heavy atom. The number of aryl methyl sites for hydroxylation is 1. The topological polar surface area (TPSA) is 84.0 Å². The van der Waals surface area contributed by atoms with E-state index in [0.29, 0.717) is 29.1 Å². The van der Waals surface area contributed by atoms with E-state index in [2.05, 4.69) is 14.6 Å². The predicted octanol–water partition coefficient (Wildman–Crippen LogP) is 4.65. The second kappa shape index (κ2) is 11.8. The van der Waals surface area contributed by atoms with Crippen LogP contribution in [0.4, 0.5) is 5.69 Å². The van der Waals surface area contributed by atoms with Gasteiger partial charge in [0, 0.05) is 67.2 Å². The fourth-order valence-electron chi connectivity index (χ4n) is 4.81. The van der Waals surface area contributed by atoms with Crippen LogP contribution in [-0.4, -0.2) is 65.3 Å². The Morgan fingerprint density at radius 1 is 0.974 bits per heavy atom. The Hall–Kier alpha value is -3.95. The van der Waals surface area contributed by atoms with E-state index < -0.39 is 11.0 Å². The van der Waals surface area contributed by atoms with E-state index in [9.17, 15) is 9.00 Å². The summed E-state index contributed by atoms with van der Waals surface area (Å²) in [6.07, 6.45) is 1.70. The molecule has 8 nitrogen and oxygen atoms in total. The summed E-state index contributed by atoms with van der Waals surface area (Å²) in [6, 6.07) is 20.8. The smallest absolute Gasteiger partial charge is 0.253 e. The van der Waals surface area contributed by atoms with Gasteiger partial charge in [0.2, 0.25) is 0 Å². The van der Waals surface area contributed by atoms with Crippen LogP contribution in [0, 0.1) is 6.92 Å². The Balaban J connectivity index is 1.21. The molecule has 4 aromatic rings. The Kier molecular flexibility index (Phi) is 8.09. The molecule has 1 saturated heterocycles. The molecule has 5 rings (SSSR count). The zero-order valence-corrected chi connectivity index (χ0v) is 23.2. The number of methoxy groups -OCH3 is 2. The Labute approximate surface area is 231 Å². The van der Waals surface area contributed by atoms with E-state index >= 15 is 0 Å². The number of carbonyl (C=O) groups excluding carboxylic acids is 1. The van der Waals surface area contributed by atoms with Gasteiger partial charge < -0.3 is 19.1 Å². The fourth-order valence-corrected chi connectivity index (χ4v) is 5.89. The monoisotopic (exact) mass is 544 g/mol. The summed E-state index contributed by atoms with van der Waals surface area (Å²) in [7, 11) is 1.81. The normalized spacial score (nSPS) is 14.7. The number of nitrogens with one attached hydrogen (secondary N) is 1. The maximum atomic E-state index is 13.3. The SMILES string of the molecule is COc1ccc(CN2CCN(C(=O)c3ccc(NS(=O)c4cccc5cccnc45)c(C)c3)CC2)c(OC)c1. The molecular weight excluding hydrogens is 512 g/mol. The van der Waals surface area contributed by atoms with Crippen molar-refractivity contribution >= 4 is 33.5 Å². The molecule has 3 aromatic carbocycles. The van der Waals surface area contributed by atoms with Crippen LogP contribution >= 0.6 is 0 Å². The first-order chi connectivity index (χ1) is 19.0. The third-order valence-corrected chi connectivity index (χ3v) is 8.15. The maximum absolute atomic E-state index is 13.3. The first-order valence-corrected chi connectivity index (χ1v) is 14.0. The summed E-state index contributed by atoms with van der Waals surface area (Å²) in [5.74, 6) is 1.57. The highest BCUT2D eigenvalue weighted by atomic mass is 32.2. The minimum Gasteiger partial charge on any atom is -0.497 e. The minimum atomic E-state index is -1.50. The number of rotatable bonds is 8. The first-order valence-electron chi connectivity index (χ1n) is 12.8. The van der Waals surface area contributed by atoms with Gasteiger partial charge in [0.05, 0.1) is 24.6 Å². The fraction of sp³-hybridized carbons (Fsp3) is 0.267. The number of aromatic nitrogens is 1. The summed E-state index contributed by atoms with van der Waals surface area (Å²) in [5, 5.41) is 0.936. The quantitative estimate of drug-likeness (QED) is 0.348. The molecule has 1 aliphatic rings. The molecular formula is C30H32N4O4S. The molecule has 9 heteroatoms. The van der Waals surface area contributed by atoms with E-state index in [0.717, 1.165) is 53.3 Å². The third kappa shape index (κ3) is 5.89. The van der Waals surface area contributed by atoms with Crippen molar-refractivity contribution in [3.8, 4) is 11.5 Å². The van der Waals surface area contributed by atoms with Gasteiger partial charge in [-0.1, -0.05) is 24.3 Å². The number of hydrogen-bond acceptors (Lipinski definition) is 6. The van der Waals surface area contributed by atoms with Crippen molar-refractivity contribution in [3.05, 3.63) is 89.6 Å². The van der Waals surface area contributed by atoms with Crippen LogP contribution in [0.5, 0.6) is 11.5 Å². The maximum Gasteiger partial charge on any atom is 0.253 e. The first kappa shape index (κ1) is 26.6. The van der Waals surface area contributed by atoms with Crippen LogP contribution in [0.1, 0.15) is 21.5 Å². The van der Waals surface area contributed by atoms with E-state index in [1.165, 1.54) is 0 Å². The summed E-state index contributed by atoms with van der Waals surface area (Å²) in [4.78, 5) is 22.5.